The van der Waals surface area contributed by atoms with Crippen molar-refractivity contribution in [1.82, 2.24) is 4.98 Å². The van der Waals surface area contributed by atoms with E-state index in [2.05, 4.69) is 20.9 Å². The number of aromatic nitrogens is 1. The van der Waals surface area contributed by atoms with Gasteiger partial charge in [-0.1, -0.05) is 0 Å². The summed E-state index contributed by atoms with van der Waals surface area (Å²) in [6, 6.07) is 0.948. The number of halogens is 3. The van der Waals surface area contributed by atoms with Crippen LogP contribution in [0, 0.1) is 0 Å². The van der Waals surface area contributed by atoms with Crippen molar-refractivity contribution in [3.63, 3.8) is 0 Å². The molecule has 0 aliphatic rings. The fourth-order valence-corrected chi connectivity index (χ4v) is 1.21. The first kappa shape index (κ1) is 10.8. The van der Waals surface area contributed by atoms with E-state index >= 15 is 0 Å². The van der Waals surface area contributed by atoms with Gasteiger partial charge in [-0.25, -0.2) is 18.6 Å². The minimum absolute atomic E-state index is 0.125. The summed E-state index contributed by atoms with van der Waals surface area (Å²) in [6.45, 7) is 0. The van der Waals surface area contributed by atoms with E-state index in [-0.39, 0.29) is 4.47 Å². The standard InChI is InChI=1S/C7H4BrF2NO3/c8-2-1-3(7(13)14)11-4(5(2)12)6(9)10/h1,6,12H,(H,13,14). The topological polar surface area (TPSA) is 70.4 Å². The van der Waals surface area contributed by atoms with Crippen molar-refractivity contribution in [3.05, 3.63) is 21.9 Å². The molecule has 0 aromatic carbocycles. The van der Waals surface area contributed by atoms with E-state index in [1.54, 1.807) is 0 Å². The van der Waals surface area contributed by atoms with Gasteiger partial charge in [-0.15, -0.1) is 0 Å². The van der Waals surface area contributed by atoms with E-state index in [9.17, 15) is 13.6 Å². The number of carboxylic acids is 1. The molecule has 0 atom stereocenters. The van der Waals surface area contributed by atoms with Gasteiger partial charge in [-0.2, -0.15) is 0 Å². The average molecular weight is 268 g/mol. The van der Waals surface area contributed by atoms with Gasteiger partial charge >= 0.3 is 5.97 Å². The van der Waals surface area contributed by atoms with Crippen LogP contribution in [0.4, 0.5) is 8.78 Å². The van der Waals surface area contributed by atoms with Gasteiger partial charge in [0, 0.05) is 0 Å². The number of aromatic hydroxyl groups is 1. The molecular formula is C7H4BrF2NO3. The third kappa shape index (κ3) is 1.98. The molecule has 1 rings (SSSR count). The summed E-state index contributed by atoms with van der Waals surface area (Å²) in [5, 5.41) is 17.6. The van der Waals surface area contributed by atoms with Crippen molar-refractivity contribution in [1.29, 1.82) is 0 Å². The van der Waals surface area contributed by atoms with E-state index in [0.717, 1.165) is 6.07 Å². The SMILES string of the molecule is O=C(O)c1cc(Br)c(O)c(C(F)F)n1. The lowest BCUT2D eigenvalue weighted by Gasteiger charge is -2.05. The molecule has 0 unspecified atom stereocenters. The molecule has 0 amide bonds. The molecule has 0 spiro atoms. The molecule has 14 heavy (non-hydrogen) atoms. The van der Waals surface area contributed by atoms with E-state index in [1.165, 1.54) is 0 Å². The van der Waals surface area contributed by atoms with Crippen LogP contribution in [-0.4, -0.2) is 21.2 Å². The maximum atomic E-state index is 12.2. The largest absolute Gasteiger partial charge is 0.505 e. The van der Waals surface area contributed by atoms with Crippen LogP contribution in [0.1, 0.15) is 22.6 Å². The van der Waals surface area contributed by atoms with Crippen LogP contribution >= 0.6 is 15.9 Å². The number of aromatic carboxylic acids is 1. The van der Waals surface area contributed by atoms with E-state index in [0.29, 0.717) is 0 Å². The fourth-order valence-electron chi connectivity index (χ4n) is 0.787. The summed E-state index contributed by atoms with van der Waals surface area (Å²) >= 11 is 2.75. The van der Waals surface area contributed by atoms with Crippen LogP contribution in [0.25, 0.3) is 0 Å². The third-order valence-electron chi connectivity index (χ3n) is 1.40. The van der Waals surface area contributed by atoms with E-state index < -0.39 is 29.5 Å². The number of nitrogens with zero attached hydrogens (tertiary/aromatic N) is 1. The number of pyridine rings is 1. The quantitative estimate of drug-likeness (QED) is 0.862. The first-order chi connectivity index (χ1) is 6.43. The predicted molar refractivity (Wildman–Crippen MR) is 45.5 cm³/mol. The number of hydrogen-bond donors (Lipinski definition) is 2. The Morgan fingerprint density at radius 3 is 2.57 bits per heavy atom. The zero-order chi connectivity index (χ0) is 10.9. The molecule has 7 heteroatoms. The lowest BCUT2D eigenvalue weighted by Crippen LogP contribution is -2.04. The van der Waals surface area contributed by atoms with Crippen LogP contribution in [-0.2, 0) is 0 Å². The average Bonchev–Trinajstić information content (AvgIpc) is 2.08. The van der Waals surface area contributed by atoms with Gasteiger partial charge in [-0.3, -0.25) is 0 Å². The maximum absolute atomic E-state index is 12.2. The van der Waals surface area contributed by atoms with Crippen LogP contribution in [0.3, 0.4) is 0 Å². The molecule has 1 heterocycles. The highest BCUT2D eigenvalue weighted by molar-refractivity contribution is 9.10. The molecule has 76 valence electrons. The highest BCUT2D eigenvalue weighted by atomic mass is 79.9. The third-order valence-corrected chi connectivity index (χ3v) is 2.00. The summed E-state index contributed by atoms with van der Waals surface area (Å²) in [6.07, 6.45) is -3.02. The van der Waals surface area contributed by atoms with Gasteiger partial charge in [-0.05, 0) is 22.0 Å². The zero-order valence-corrected chi connectivity index (χ0v) is 8.12. The number of hydrogen-bond acceptors (Lipinski definition) is 3. The van der Waals surface area contributed by atoms with Gasteiger partial charge in [0.2, 0.25) is 0 Å². The summed E-state index contributed by atoms with van der Waals surface area (Å²) in [4.78, 5) is 13.5. The normalized spacial score (nSPS) is 10.6. The molecule has 0 aliphatic carbocycles. The predicted octanol–water partition coefficient (Wildman–Crippen LogP) is 2.19. The van der Waals surface area contributed by atoms with Crippen molar-refractivity contribution < 1.29 is 23.8 Å². The molecule has 0 radical (unpaired) electrons. The highest BCUT2D eigenvalue weighted by Crippen LogP contribution is 2.33. The zero-order valence-electron chi connectivity index (χ0n) is 6.54. The Bertz CT molecular complexity index is 383. The highest BCUT2D eigenvalue weighted by Gasteiger charge is 2.20. The lowest BCUT2D eigenvalue weighted by molar-refractivity contribution is 0.0688. The molecule has 1 aromatic heterocycles. The summed E-state index contributed by atoms with van der Waals surface area (Å²) < 4.78 is 24.3. The second-order valence-corrected chi connectivity index (χ2v) is 3.18. The first-order valence-electron chi connectivity index (χ1n) is 3.34. The van der Waals surface area contributed by atoms with Crippen LogP contribution in [0.5, 0.6) is 5.75 Å². The Balaban J connectivity index is 3.35. The maximum Gasteiger partial charge on any atom is 0.354 e. The Morgan fingerprint density at radius 2 is 2.14 bits per heavy atom. The minimum atomic E-state index is -3.02. The van der Waals surface area contributed by atoms with Crippen molar-refractivity contribution in [3.8, 4) is 5.75 Å². The summed E-state index contributed by atoms with van der Waals surface area (Å²) in [5.41, 5.74) is -1.50. The van der Waals surface area contributed by atoms with Crippen molar-refractivity contribution >= 4 is 21.9 Å². The fraction of sp³-hybridized carbons (Fsp3) is 0.143. The first-order valence-corrected chi connectivity index (χ1v) is 4.13. The molecular weight excluding hydrogens is 264 g/mol. The van der Waals surface area contributed by atoms with Crippen LogP contribution in [0.15, 0.2) is 10.5 Å². The van der Waals surface area contributed by atoms with E-state index in [4.69, 9.17) is 10.2 Å². The van der Waals surface area contributed by atoms with Crippen molar-refractivity contribution in [2.24, 2.45) is 0 Å². The molecule has 0 fully saturated rings. The second kappa shape index (κ2) is 3.87. The molecule has 0 aliphatic heterocycles. The second-order valence-electron chi connectivity index (χ2n) is 2.33. The molecule has 0 saturated carbocycles. The number of rotatable bonds is 2. The number of alkyl halides is 2. The van der Waals surface area contributed by atoms with Crippen molar-refractivity contribution in [2.45, 2.75) is 6.43 Å². The minimum Gasteiger partial charge on any atom is -0.505 e. The van der Waals surface area contributed by atoms with Gasteiger partial charge < -0.3 is 10.2 Å². The molecule has 2 N–H and O–H groups in total. The summed E-state index contributed by atoms with van der Waals surface area (Å²) in [5.74, 6) is -2.18. The van der Waals surface area contributed by atoms with Gasteiger partial charge in [0.05, 0.1) is 4.47 Å². The Morgan fingerprint density at radius 1 is 1.57 bits per heavy atom. The molecule has 1 aromatic rings. The van der Waals surface area contributed by atoms with Crippen LogP contribution in [0.2, 0.25) is 0 Å². The Labute approximate surface area is 85.3 Å². The summed E-state index contributed by atoms with van der Waals surface area (Å²) in [7, 11) is 0. The lowest BCUT2D eigenvalue weighted by atomic mass is 10.3. The van der Waals surface area contributed by atoms with E-state index in [1.807, 2.05) is 0 Å². The van der Waals surface area contributed by atoms with Crippen LogP contribution < -0.4 is 0 Å². The number of carboxylic acid groups (broad SMARTS) is 1. The van der Waals surface area contributed by atoms with Crippen molar-refractivity contribution in [2.75, 3.05) is 0 Å². The molecule has 0 saturated heterocycles. The number of carbonyl (C=O) groups is 1. The molecule has 0 bridgehead atoms. The van der Waals surface area contributed by atoms with Gasteiger partial charge in [0.1, 0.15) is 11.4 Å². The monoisotopic (exact) mass is 267 g/mol. The van der Waals surface area contributed by atoms with Gasteiger partial charge in [0.25, 0.3) is 6.43 Å². The smallest absolute Gasteiger partial charge is 0.354 e. The molecule has 4 nitrogen and oxygen atoms in total. The Kier molecular flexibility index (Phi) is 3.00. The van der Waals surface area contributed by atoms with Gasteiger partial charge in [0.15, 0.2) is 5.75 Å². The Hall–Kier alpha value is -1.24.